The molecule has 0 aliphatic rings. The number of aryl methyl sites for hydroxylation is 2. The number of fused-ring (bicyclic) bond motifs is 1. The van der Waals surface area contributed by atoms with Crippen LogP contribution in [-0.2, 0) is 5.54 Å². The van der Waals surface area contributed by atoms with E-state index in [4.69, 9.17) is 4.98 Å². The Morgan fingerprint density at radius 1 is 1.15 bits per heavy atom. The smallest absolute Gasteiger partial charge is 0.256 e. The molecule has 4 aromatic rings. The van der Waals surface area contributed by atoms with E-state index in [1.54, 1.807) is 19.1 Å². The summed E-state index contributed by atoms with van der Waals surface area (Å²) in [6.45, 7) is 13.7. The standard InChI is InChI=1S/C23H27FN8O/c1-12(2)18-11-16(20-13(3)28-32(21(20)25-18)23(5,6)7)22(33)26-19-10-15(8-9-17(19)24)31-14(4)27-29-30-31/h8-12H,1-7H3,(H,26,33). The lowest BCUT2D eigenvalue weighted by Gasteiger charge is -2.20. The van der Waals surface area contributed by atoms with Crippen LogP contribution in [0.2, 0.25) is 0 Å². The normalized spacial score (nSPS) is 12.0. The van der Waals surface area contributed by atoms with E-state index in [2.05, 4.69) is 25.9 Å². The summed E-state index contributed by atoms with van der Waals surface area (Å²) in [4.78, 5) is 18.2. The Morgan fingerprint density at radius 2 is 1.88 bits per heavy atom. The minimum atomic E-state index is -0.561. The number of tetrazole rings is 1. The quantitative estimate of drug-likeness (QED) is 0.497. The molecule has 3 aromatic heterocycles. The van der Waals surface area contributed by atoms with E-state index in [1.165, 1.54) is 16.8 Å². The molecule has 1 amide bonds. The number of hydrogen-bond acceptors (Lipinski definition) is 6. The number of benzene rings is 1. The van der Waals surface area contributed by atoms with Crippen molar-refractivity contribution < 1.29 is 9.18 Å². The second-order valence-electron chi connectivity index (χ2n) is 9.37. The van der Waals surface area contributed by atoms with Gasteiger partial charge in [-0.15, -0.1) is 5.10 Å². The Morgan fingerprint density at radius 3 is 2.48 bits per heavy atom. The lowest BCUT2D eigenvalue weighted by molar-refractivity contribution is 0.102. The number of nitrogens with zero attached hydrogens (tertiary/aromatic N) is 7. The molecule has 1 N–H and O–H groups in total. The molecule has 0 radical (unpaired) electrons. The molecule has 0 atom stereocenters. The van der Waals surface area contributed by atoms with Crippen LogP contribution >= 0.6 is 0 Å². The van der Waals surface area contributed by atoms with Gasteiger partial charge in [0.25, 0.3) is 5.91 Å². The van der Waals surface area contributed by atoms with E-state index in [9.17, 15) is 9.18 Å². The monoisotopic (exact) mass is 450 g/mol. The number of carbonyl (C=O) groups excluding carboxylic acids is 1. The van der Waals surface area contributed by atoms with Crippen molar-refractivity contribution in [1.82, 2.24) is 35.0 Å². The first-order chi connectivity index (χ1) is 15.5. The molecule has 0 aliphatic heterocycles. The molecule has 10 heteroatoms. The van der Waals surface area contributed by atoms with Crippen LogP contribution in [0.1, 0.15) is 68.1 Å². The summed E-state index contributed by atoms with van der Waals surface area (Å²) >= 11 is 0. The maximum atomic E-state index is 14.6. The van der Waals surface area contributed by atoms with Gasteiger partial charge in [0.05, 0.1) is 33.6 Å². The Hall–Kier alpha value is -3.69. The average Bonchev–Trinajstić information content (AvgIpc) is 3.32. The van der Waals surface area contributed by atoms with Crippen molar-refractivity contribution in [3.05, 3.63) is 52.9 Å². The first-order valence-electron chi connectivity index (χ1n) is 10.7. The molecule has 1 aromatic carbocycles. The number of pyridine rings is 1. The number of rotatable bonds is 4. The number of carbonyl (C=O) groups is 1. The van der Waals surface area contributed by atoms with E-state index in [-0.39, 0.29) is 17.1 Å². The summed E-state index contributed by atoms with van der Waals surface area (Å²) < 4.78 is 17.9. The van der Waals surface area contributed by atoms with Crippen molar-refractivity contribution in [2.75, 3.05) is 5.32 Å². The second-order valence-corrected chi connectivity index (χ2v) is 9.37. The van der Waals surface area contributed by atoms with Crippen molar-refractivity contribution in [3.63, 3.8) is 0 Å². The van der Waals surface area contributed by atoms with Crippen LogP contribution < -0.4 is 5.32 Å². The summed E-state index contributed by atoms with van der Waals surface area (Å²) in [5.74, 6) is -0.367. The number of hydrogen-bond donors (Lipinski definition) is 1. The van der Waals surface area contributed by atoms with Gasteiger partial charge in [-0.05, 0) is 75.2 Å². The minimum Gasteiger partial charge on any atom is -0.319 e. The summed E-state index contributed by atoms with van der Waals surface area (Å²) in [5, 5.41) is 19.4. The fraction of sp³-hybridized carbons (Fsp3) is 0.391. The predicted molar refractivity (Wildman–Crippen MR) is 123 cm³/mol. The highest BCUT2D eigenvalue weighted by molar-refractivity contribution is 6.12. The summed E-state index contributed by atoms with van der Waals surface area (Å²) in [7, 11) is 0. The van der Waals surface area contributed by atoms with Crippen molar-refractivity contribution in [1.29, 1.82) is 0 Å². The fourth-order valence-corrected chi connectivity index (χ4v) is 3.65. The minimum absolute atomic E-state index is 0.0318. The first kappa shape index (κ1) is 22.5. The van der Waals surface area contributed by atoms with Gasteiger partial charge in [0.1, 0.15) is 5.82 Å². The molecular weight excluding hydrogens is 423 g/mol. The van der Waals surface area contributed by atoms with Crippen molar-refractivity contribution in [2.24, 2.45) is 0 Å². The maximum absolute atomic E-state index is 14.6. The molecule has 33 heavy (non-hydrogen) atoms. The molecular formula is C23H27FN8O. The van der Waals surface area contributed by atoms with Gasteiger partial charge < -0.3 is 5.32 Å². The number of aromatic nitrogens is 7. The Kier molecular flexibility index (Phi) is 5.47. The van der Waals surface area contributed by atoms with Gasteiger partial charge in [-0.1, -0.05) is 13.8 Å². The van der Waals surface area contributed by atoms with Crippen molar-refractivity contribution in [3.8, 4) is 5.69 Å². The third-order valence-electron chi connectivity index (χ3n) is 5.37. The highest BCUT2D eigenvalue weighted by Crippen LogP contribution is 2.30. The lowest BCUT2D eigenvalue weighted by atomic mass is 10.0. The Balaban J connectivity index is 1.82. The third-order valence-corrected chi connectivity index (χ3v) is 5.37. The summed E-state index contributed by atoms with van der Waals surface area (Å²) in [6, 6.07) is 6.09. The first-order valence-corrected chi connectivity index (χ1v) is 10.7. The SMILES string of the molecule is Cc1nn(C(C)(C)C)c2nc(C(C)C)cc(C(=O)Nc3cc(-n4nnnc4C)ccc3F)c12. The molecule has 0 saturated heterocycles. The number of nitrogens with one attached hydrogen (secondary N) is 1. The molecule has 0 unspecified atom stereocenters. The van der Waals surface area contributed by atoms with Crippen molar-refractivity contribution in [2.45, 2.75) is 59.9 Å². The molecule has 0 fully saturated rings. The number of halogens is 1. The molecule has 0 aliphatic carbocycles. The zero-order chi connectivity index (χ0) is 24.1. The van der Waals surface area contributed by atoms with Crippen LogP contribution in [-0.4, -0.2) is 40.9 Å². The fourth-order valence-electron chi connectivity index (χ4n) is 3.65. The Labute approximate surface area is 191 Å². The van der Waals surface area contributed by atoms with E-state index in [0.717, 1.165) is 5.69 Å². The van der Waals surface area contributed by atoms with Crippen LogP contribution in [0.25, 0.3) is 16.7 Å². The van der Waals surface area contributed by atoms with Crippen LogP contribution in [0.5, 0.6) is 0 Å². The maximum Gasteiger partial charge on any atom is 0.256 e. The van der Waals surface area contributed by atoms with Gasteiger partial charge in [0.15, 0.2) is 11.5 Å². The molecule has 9 nitrogen and oxygen atoms in total. The molecule has 0 bridgehead atoms. The molecule has 4 rings (SSSR count). The number of amides is 1. The molecule has 0 spiro atoms. The van der Waals surface area contributed by atoms with E-state index >= 15 is 0 Å². The zero-order valence-electron chi connectivity index (χ0n) is 19.8. The van der Waals surface area contributed by atoms with E-state index in [1.807, 2.05) is 46.2 Å². The van der Waals surface area contributed by atoms with Gasteiger partial charge in [0, 0.05) is 5.69 Å². The van der Waals surface area contributed by atoms with Gasteiger partial charge in [0.2, 0.25) is 0 Å². The zero-order valence-corrected chi connectivity index (χ0v) is 19.8. The van der Waals surface area contributed by atoms with Gasteiger partial charge in [-0.2, -0.15) is 9.78 Å². The third kappa shape index (κ3) is 4.08. The summed E-state index contributed by atoms with van der Waals surface area (Å²) in [6.07, 6.45) is 0. The van der Waals surface area contributed by atoms with Crippen LogP contribution in [0.3, 0.4) is 0 Å². The summed E-state index contributed by atoms with van der Waals surface area (Å²) in [5.41, 5.74) is 2.73. The number of anilines is 1. The molecule has 172 valence electrons. The van der Waals surface area contributed by atoms with Crippen molar-refractivity contribution >= 4 is 22.6 Å². The molecule has 3 heterocycles. The Bertz CT molecular complexity index is 1360. The second kappa shape index (κ2) is 8.02. The predicted octanol–water partition coefficient (Wildman–Crippen LogP) is 4.29. The van der Waals surface area contributed by atoms with Gasteiger partial charge in [-0.25, -0.2) is 14.1 Å². The lowest BCUT2D eigenvalue weighted by Crippen LogP contribution is -2.24. The highest BCUT2D eigenvalue weighted by atomic mass is 19.1. The van der Waals surface area contributed by atoms with E-state index < -0.39 is 11.7 Å². The molecule has 0 saturated carbocycles. The van der Waals surface area contributed by atoms with Gasteiger partial charge >= 0.3 is 0 Å². The highest BCUT2D eigenvalue weighted by Gasteiger charge is 2.25. The largest absolute Gasteiger partial charge is 0.319 e. The van der Waals surface area contributed by atoms with Gasteiger partial charge in [-0.3, -0.25) is 4.79 Å². The topological polar surface area (TPSA) is 103 Å². The van der Waals surface area contributed by atoms with Crippen LogP contribution in [0, 0.1) is 19.7 Å². The van der Waals surface area contributed by atoms with Crippen LogP contribution in [0.4, 0.5) is 10.1 Å². The average molecular weight is 451 g/mol. The van der Waals surface area contributed by atoms with Crippen LogP contribution in [0.15, 0.2) is 24.3 Å². The van der Waals surface area contributed by atoms with E-state index in [0.29, 0.717) is 33.8 Å².